The Hall–Kier alpha value is -2.94. The summed E-state index contributed by atoms with van der Waals surface area (Å²) >= 11 is 0. The van der Waals surface area contributed by atoms with Crippen LogP contribution < -0.4 is 9.46 Å². The molecule has 174 valence electrons. The van der Waals surface area contributed by atoms with Gasteiger partial charge < -0.3 is 9.30 Å². The molecule has 1 amide bonds. The van der Waals surface area contributed by atoms with Crippen LogP contribution in [0, 0.1) is 0 Å². The molecule has 33 heavy (non-hydrogen) atoms. The van der Waals surface area contributed by atoms with Gasteiger partial charge in [-0.3, -0.25) is 4.79 Å². The summed E-state index contributed by atoms with van der Waals surface area (Å²) in [5.74, 6) is -0.173. The number of ether oxygens (including phenoxy) is 1. The monoisotopic (exact) mass is 468 g/mol. The highest BCUT2D eigenvalue weighted by Gasteiger charge is 2.37. The van der Waals surface area contributed by atoms with E-state index in [0.29, 0.717) is 30.3 Å². The Bertz CT molecular complexity index is 1300. The highest BCUT2D eigenvalue weighted by atomic mass is 32.2. The van der Waals surface area contributed by atoms with E-state index in [1.54, 1.807) is 24.5 Å². The van der Waals surface area contributed by atoms with Crippen molar-refractivity contribution >= 4 is 26.8 Å². The van der Waals surface area contributed by atoms with Crippen LogP contribution in [-0.4, -0.2) is 41.2 Å². The zero-order valence-corrected chi connectivity index (χ0v) is 19.7. The van der Waals surface area contributed by atoms with Crippen LogP contribution in [-0.2, 0) is 17.1 Å². The van der Waals surface area contributed by atoms with Gasteiger partial charge in [0.25, 0.3) is 5.91 Å². The Morgan fingerprint density at radius 3 is 2.42 bits per heavy atom. The zero-order valence-electron chi connectivity index (χ0n) is 18.9. The molecule has 1 N–H and O–H groups in total. The number of nitrogens with one attached hydrogen (secondary N) is 1. The molecular weight excluding hydrogens is 440 g/mol. The second kappa shape index (κ2) is 8.44. The van der Waals surface area contributed by atoms with Crippen molar-refractivity contribution < 1.29 is 17.9 Å². The van der Waals surface area contributed by atoms with Gasteiger partial charge in [-0.05, 0) is 49.3 Å². The van der Waals surface area contributed by atoms with E-state index in [1.807, 2.05) is 13.1 Å². The molecule has 0 radical (unpaired) electrons. The van der Waals surface area contributed by atoms with Crippen molar-refractivity contribution in [3.05, 3.63) is 41.7 Å². The third-order valence-corrected chi connectivity index (χ3v) is 8.62. The average Bonchev–Trinajstić information content (AvgIpc) is 3.65. The van der Waals surface area contributed by atoms with Crippen LogP contribution in [0.3, 0.4) is 0 Å². The highest BCUT2D eigenvalue weighted by Crippen LogP contribution is 2.43. The van der Waals surface area contributed by atoms with Gasteiger partial charge >= 0.3 is 6.01 Å². The lowest BCUT2D eigenvalue weighted by Gasteiger charge is -2.23. The molecule has 2 aliphatic rings. The summed E-state index contributed by atoms with van der Waals surface area (Å²) < 4.78 is 33.9. The van der Waals surface area contributed by atoms with Crippen LogP contribution in [0.1, 0.15) is 66.8 Å². The van der Waals surface area contributed by atoms with Gasteiger partial charge in [0.2, 0.25) is 10.0 Å². The molecule has 8 nitrogen and oxygen atoms in total. The van der Waals surface area contributed by atoms with Gasteiger partial charge in [0.05, 0.1) is 18.1 Å². The van der Waals surface area contributed by atoms with Gasteiger partial charge in [0, 0.05) is 41.5 Å². The average molecular weight is 469 g/mol. The summed E-state index contributed by atoms with van der Waals surface area (Å²) in [6.07, 6.45) is 10.6. The molecule has 0 aliphatic heterocycles. The zero-order chi connectivity index (χ0) is 23.2. The lowest BCUT2D eigenvalue weighted by atomic mass is 9.82. The molecule has 0 spiro atoms. The molecule has 2 heterocycles. The molecule has 0 bridgehead atoms. The number of fused-ring (bicyclic) bond motifs is 1. The van der Waals surface area contributed by atoms with E-state index in [2.05, 4.69) is 19.3 Å². The largest absolute Gasteiger partial charge is 0.467 e. The molecule has 0 atom stereocenters. The van der Waals surface area contributed by atoms with Crippen LogP contribution in [0.25, 0.3) is 22.2 Å². The normalized spacial score (nSPS) is 17.3. The number of benzene rings is 1. The van der Waals surface area contributed by atoms with Gasteiger partial charge in [-0.1, -0.05) is 25.3 Å². The van der Waals surface area contributed by atoms with Crippen molar-refractivity contribution in [1.29, 1.82) is 0 Å². The molecule has 3 aromatic rings. The van der Waals surface area contributed by atoms with E-state index in [-0.39, 0.29) is 0 Å². The van der Waals surface area contributed by atoms with E-state index in [1.165, 1.54) is 31.9 Å². The maximum absolute atomic E-state index is 12.7. The quantitative estimate of drug-likeness (QED) is 0.588. The highest BCUT2D eigenvalue weighted by molar-refractivity contribution is 7.91. The van der Waals surface area contributed by atoms with E-state index >= 15 is 0 Å². The predicted octanol–water partition coefficient (Wildman–Crippen LogP) is 3.91. The number of carbonyl (C=O) groups is 1. The smallest absolute Gasteiger partial charge is 0.316 e. The van der Waals surface area contributed by atoms with Crippen LogP contribution >= 0.6 is 0 Å². The maximum Gasteiger partial charge on any atom is 0.316 e. The predicted molar refractivity (Wildman–Crippen MR) is 126 cm³/mol. The van der Waals surface area contributed by atoms with Crippen LogP contribution in [0.4, 0.5) is 0 Å². The molecule has 1 aromatic carbocycles. The Morgan fingerprint density at radius 1 is 1.09 bits per heavy atom. The van der Waals surface area contributed by atoms with E-state index < -0.39 is 21.2 Å². The van der Waals surface area contributed by atoms with Gasteiger partial charge in [0.15, 0.2) is 0 Å². The summed E-state index contributed by atoms with van der Waals surface area (Å²) in [5.41, 5.74) is 4.39. The van der Waals surface area contributed by atoms with Gasteiger partial charge in [-0.25, -0.2) is 23.1 Å². The standard InChI is InChI=1S/C24H28N4O4S/c1-28-20-12-16(23(29)27-33(30,31)18-9-10-18)8-11-19(20)21(15-6-4-3-5-7-15)22(28)17-13-25-24(32-2)26-14-17/h8,11-15,18H,3-7,9-10H2,1-2H3,(H,27,29). The number of carbonyl (C=O) groups excluding carboxylic acids is 1. The topological polar surface area (TPSA) is 103 Å². The van der Waals surface area contributed by atoms with Crippen molar-refractivity contribution in [2.75, 3.05) is 7.11 Å². The number of aryl methyl sites for hydroxylation is 1. The number of aromatic nitrogens is 3. The van der Waals surface area contributed by atoms with Gasteiger partial charge in [0.1, 0.15) is 0 Å². The minimum atomic E-state index is -3.60. The van der Waals surface area contributed by atoms with Crippen molar-refractivity contribution in [1.82, 2.24) is 19.3 Å². The van der Waals surface area contributed by atoms with E-state index in [9.17, 15) is 13.2 Å². The molecule has 2 aromatic heterocycles. The number of hydrogen-bond donors (Lipinski definition) is 1. The van der Waals surface area contributed by atoms with E-state index in [0.717, 1.165) is 35.0 Å². The Labute approximate surface area is 193 Å². The fourth-order valence-corrected chi connectivity index (χ4v) is 6.25. The number of amides is 1. The van der Waals surface area contributed by atoms with E-state index in [4.69, 9.17) is 4.74 Å². The minimum Gasteiger partial charge on any atom is -0.467 e. The number of rotatable bonds is 6. The number of methoxy groups -OCH3 is 1. The summed E-state index contributed by atoms with van der Waals surface area (Å²) in [4.78, 5) is 21.4. The summed E-state index contributed by atoms with van der Waals surface area (Å²) in [7, 11) is -0.0962. The summed E-state index contributed by atoms with van der Waals surface area (Å²) in [6.45, 7) is 0. The Balaban J connectivity index is 1.61. The summed E-state index contributed by atoms with van der Waals surface area (Å²) in [6, 6.07) is 5.77. The minimum absolute atomic E-state index is 0.313. The SMILES string of the molecule is COc1ncc(-c2c(C3CCCCC3)c3ccc(C(=O)NS(=O)(=O)C4CC4)cc3n2C)cn1. The lowest BCUT2D eigenvalue weighted by Crippen LogP contribution is -2.33. The molecule has 9 heteroatoms. The first-order chi connectivity index (χ1) is 15.9. The lowest BCUT2D eigenvalue weighted by molar-refractivity contribution is 0.0981. The second-order valence-corrected chi connectivity index (χ2v) is 11.0. The second-order valence-electron chi connectivity index (χ2n) is 9.02. The fraction of sp³-hybridized carbons (Fsp3) is 0.458. The first-order valence-corrected chi connectivity index (χ1v) is 13.0. The Kier molecular flexibility index (Phi) is 5.60. The molecule has 2 saturated carbocycles. The molecule has 2 aliphatic carbocycles. The molecule has 2 fully saturated rings. The maximum atomic E-state index is 12.7. The fourth-order valence-electron chi connectivity index (χ4n) is 4.95. The van der Waals surface area contributed by atoms with Gasteiger partial charge in [-0.15, -0.1) is 0 Å². The molecule has 0 saturated heterocycles. The van der Waals surface area contributed by atoms with Crippen molar-refractivity contribution in [2.45, 2.75) is 56.1 Å². The third-order valence-electron chi connectivity index (χ3n) is 6.80. The van der Waals surface area contributed by atoms with Crippen LogP contribution in [0.5, 0.6) is 6.01 Å². The van der Waals surface area contributed by atoms with Gasteiger partial charge in [-0.2, -0.15) is 0 Å². The van der Waals surface area contributed by atoms with Crippen LogP contribution in [0.15, 0.2) is 30.6 Å². The first kappa shape index (κ1) is 21.9. The van der Waals surface area contributed by atoms with Crippen molar-refractivity contribution in [3.8, 4) is 17.3 Å². The number of hydrogen-bond acceptors (Lipinski definition) is 6. The van der Waals surface area contributed by atoms with Crippen molar-refractivity contribution in [2.24, 2.45) is 7.05 Å². The summed E-state index contributed by atoms with van der Waals surface area (Å²) in [5, 5.41) is 0.636. The first-order valence-electron chi connectivity index (χ1n) is 11.4. The molecule has 5 rings (SSSR count). The molecule has 0 unspecified atom stereocenters. The Morgan fingerprint density at radius 2 is 1.79 bits per heavy atom. The number of sulfonamides is 1. The molecular formula is C24H28N4O4S. The van der Waals surface area contributed by atoms with Crippen LogP contribution in [0.2, 0.25) is 0 Å². The number of nitrogens with zero attached hydrogens (tertiary/aromatic N) is 3. The van der Waals surface area contributed by atoms with Crippen molar-refractivity contribution in [3.63, 3.8) is 0 Å². The third kappa shape index (κ3) is 4.10.